The van der Waals surface area contributed by atoms with E-state index in [4.69, 9.17) is 4.74 Å². The van der Waals surface area contributed by atoms with Gasteiger partial charge in [0.1, 0.15) is 0 Å². The molecule has 0 fully saturated rings. The van der Waals surface area contributed by atoms with Crippen LogP contribution in [0.1, 0.15) is 322 Å². The van der Waals surface area contributed by atoms with E-state index in [1.54, 1.807) is 0 Å². The predicted molar refractivity (Wildman–Crippen MR) is 296 cm³/mol. The molecule has 6 nitrogen and oxygen atoms in total. The molecule has 400 valence electrons. The summed E-state index contributed by atoms with van der Waals surface area (Å²) in [5.41, 5.74) is 0. The Bertz CT molecular complexity index is 1100. The third-order valence-corrected chi connectivity index (χ3v) is 13.9. The quantitative estimate of drug-likeness (QED) is 0.0321. The number of aliphatic hydroxyl groups excluding tert-OH is 2. The van der Waals surface area contributed by atoms with Crippen molar-refractivity contribution in [1.29, 1.82) is 0 Å². The normalized spacial score (nSPS) is 12.8. The predicted octanol–water partition coefficient (Wildman–Crippen LogP) is 18.8. The molecule has 0 bridgehead atoms. The van der Waals surface area contributed by atoms with E-state index in [2.05, 4.69) is 55.6 Å². The van der Waals surface area contributed by atoms with Crippen LogP contribution in [0.15, 0.2) is 36.5 Å². The summed E-state index contributed by atoms with van der Waals surface area (Å²) in [5, 5.41) is 23.3. The van der Waals surface area contributed by atoms with E-state index < -0.39 is 12.1 Å². The van der Waals surface area contributed by atoms with Gasteiger partial charge in [-0.1, -0.05) is 275 Å². The molecule has 0 spiro atoms. The topological polar surface area (TPSA) is 95.9 Å². The minimum absolute atomic E-state index is 0.0381. The summed E-state index contributed by atoms with van der Waals surface area (Å²) in [5.74, 6) is -0.0824. The zero-order valence-electron chi connectivity index (χ0n) is 45.6. The molecule has 0 aliphatic rings. The molecule has 0 aromatic rings. The molecule has 6 heteroatoms. The molecule has 2 unspecified atom stereocenters. The highest BCUT2D eigenvalue weighted by molar-refractivity contribution is 5.76. The number of aliphatic hydroxyl groups is 2. The second-order valence-electron chi connectivity index (χ2n) is 20.7. The van der Waals surface area contributed by atoms with E-state index >= 15 is 0 Å². The van der Waals surface area contributed by atoms with Crippen molar-refractivity contribution >= 4 is 11.9 Å². The van der Waals surface area contributed by atoms with E-state index in [9.17, 15) is 19.8 Å². The van der Waals surface area contributed by atoms with Gasteiger partial charge in [-0.15, -0.1) is 0 Å². The van der Waals surface area contributed by atoms with Crippen LogP contribution in [0.2, 0.25) is 0 Å². The lowest BCUT2D eigenvalue weighted by atomic mass is 10.0. The lowest BCUT2D eigenvalue weighted by Gasteiger charge is -2.22. The summed E-state index contributed by atoms with van der Waals surface area (Å²) in [4.78, 5) is 24.5. The average Bonchev–Trinajstić information content (AvgIpc) is 3.34. The molecule has 0 rings (SSSR count). The number of carbonyl (C=O) groups excluding carboxylic acids is 2. The highest BCUT2D eigenvalue weighted by atomic mass is 16.5. The fraction of sp³-hybridized carbons (Fsp3) is 0.871. The van der Waals surface area contributed by atoms with Gasteiger partial charge in [0.2, 0.25) is 5.91 Å². The smallest absolute Gasteiger partial charge is 0.305 e. The van der Waals surface area contributed by atoms with Gasteiger partial charge in [-0.3, -0.25) is 9.59 Å². The molecule has 2 atom stereocenters. The summed E-state index contributed by atoms with van der Waals surface area (Å²) < 4.78 is 5.40. The molecule has 0 saturated heterocycles. The maximum Gasteiger partial charge on any atom is 0.305 e. The van der Waals surface area contributed by atoms with E-state index in [0.717, 1.165) is 51.4 Å². The third-order valence-electron chi connectivity index (χ3n) is 13.9. The number of ether oxygens (including phenoxy) is 1. The van der Waals surface area contributed by atoms with Crippen LogP contribution in [-0.4, -0.2) is 47.4 Å². The lowest BCUT2D eigenvalue weighted by Crippen LogP contribution is -2.45. The van der Waals surface area contributed by atoms with Crippen LogP contribution in [0.4, 0.5) is 0 Å². The second-order valence-corrected chi connectivity index (χ2v) is 20.7. The van der Waals surface area contributed by atoms with Crippen molar-refractivity contribution in [2.24, 2.45) is 0 Å². The summed E-state index contributed by atoms with van der Waals surface area (Å²) in [7, 11) is 0. The number of hydrogen-bond acceptors (Lipinski definition) is 5. The first-order valence-electron chi connectivity index (χ1n) is 30.2. The van der Waals surface area contributed by atoms with Gasteiger partial charge in [0, 0.05) is 12.8 Å². The Labute approximate surface area is 424 Å². The average molecular weight is 957 g/mol. The first-order valence-corrected chi connectivity index (χ1v) is 30.2. The molecule has 0 aromatic carbocycles. The highest BCUT2D eigenvalue weighted by Gasteiger charge is 2.20. The number of amides is 1. The Hall–Kier alpha value is -1.92. The van der Waals surface area contributed by atoms with Gasteiger partial charge in [0.05, 0.1) is 25.4 Å². The highest BCUT2D eigenvalue weighted by Crippen LogP contribution is 2.17. The van der Waals surface area contributed by atoms with Gasteiger partial charge >= 0.3 is 5.97 Å². The zero-order chi connectivity index (χ0) is 49.3. The van der Waals surface area contributed by atoms with Crippen LogP contribution < -0.4 is 5.32 Å². The third kappa shape index (κ3) is 53.4. The molecular formula is C62H117NO5. The standard InChI is InChI=1S/C62H117NO5/c1-3-5-7-9-11-13-15-17-18-24-27-31-34-38-42-46-50-54-60(65)59(58-64)63-61(66)55-51-47-43-39-35-32-28-25-22-20-19-21-23-26-29-33-37-41-45-49-53-57-68-62(67)56-52-48-44-40-36-30-16-14-12-10-8-6-4-2/h14,16,33,37,45,49,59-60,64-65H,3-13,15,17-32,34-36,38-44,46-48,50-58H2,1-2H3,(H,63,66)/b16-14-,37-33-,49-45-. The number of rotatable bonds is 56. The zero-order valence-corrected chi connectivity index (χ0v) is 45.6. The van der Waals surface area contributed by atoms with Crippen LogP contribution in [0.5, 0.6) is 0 Å². The van der Waals surface area contributed by atoms with Crippen LogP contribution >= 0.6 is 0 Å². The van der Waals surface area contributed by atoms with E-state index in [-0.39, 0.29) is 18.5 Å². The Morgan fingerprint density at radius 1 is 0.412 bits per heavy atom. The van der Waals surface area contributed by atoms with Gasteiger partial charge in [-0.25, -0.2) is 0 Å². The summed E-state index contributed by atoms with van der Waals surface area (Å²) in [6, 6.07) is -0.546. The van der Waals surface area contributed by atoms with Crippen molar-refractivity contribution in [2.75, 3.05) is 13.2 Å². The van der Waals surface area contributed by atoms with Gasteiger partial charge in [0.25, 0.3) is 0 Å². The molecule has 0 aliphatic carbocycles. The number of carbonyl (C=O) groups is 2. The molecule has 0 aliphatic heterocycles. The first kappa shape index (κ1) is 66.1. The van der Waals surface area contributed by atoms with Crippen molar-refractivity contribution in [3.8, 4) is 0 Å². The maximum absolute atomic E-state index is 12.5. The summed E-state index contributed by atoms with van der Waals surface area (Å²) in [6.45, 7) is 4.84. The largest absolute Gasteiger partial charge is 0.465 e. The molecule has 3 N–H and O–H groups in total. The Balaban J connectivity index is 3.46. The SMILES string of the molecule is CCCCCC/C=C\CCCCCCCC(=O)OCC/C=C\C/C=C\CCCCCCCCCCCCCCCCC(=O)NC(CO)C(O)CCCCCCCCCCCCCCCCCCC. The fourth-order valence-electron chi connectivity index (χ4n) is 9.30. The van der Waals surface area contributed by atoms with Gasteiger partial charge < -0.3 is 20.3 Å². The molecule has 0 heterocycles. The molecule has 68 heavy (non-hydrogen) atoms. The number of nitrogens with one attached hydrogen (secondary N) is 1. The Morgan fingerprint density at radius 2 is 0.735 bits per heavy atom. The van der Waals surface area contributed by atoms with Crippen molar-refractivity contribution in [3.05, 3.63) is 36.5 Å². The maximum atomic E-state index is 12.5. The molecule has 0 aromatic heterocycles. The monoisotopic (exact) mass is 956 g/mol. The van der Waals surface area contributed by atoms with Gasteiger partial charge in [-0.2, -0.15) is 0 Å². The van der Waals surface area contributed by atoms with Gasteiger partial charge in [-0.05, 0) is 70.6 Å². The number of hydrogen-bond donors (Lipinski definition) is 3. The molecule has 0 radical (unpaired) electrons. The van der Waals surface area contributed by atoms with Crippen molar-refractivity contribution < 1.29 is 24.5 Å². The lowest BCUT2D eigenvalue weighted by molar-refractivity contribution is -0.143. The second kappa shape index (κ2) is 57.7. The van der Waals surface area contributed by atoms with E-state index in [0.29, 0.717) is 25.9 Å². The van der Waals surface area contributed by atoms with E-state index in [1.807, 2.05) is 0 Å². The number of esters is 1. The fourth-order valence-corrected chi connectivity index (χ4v) is 9.30. The molecule has 1 amide bonds. The van der Waals surface area contributed by atoms with Crippen LogP contribution in [0.25, 0.3) is 0 Å². The summed E-state index contributed by atoms with van der Waals surface area (Å²) >= 11 is 0. The molecule has 0 saturated carbocycles. The molecular weight excluding hydrogens is 839 g/mol. The van der Waals surface area contributed by atoms with Crippen LogP contribution in [-0.2, 0) is 14.3 Å². The van der Waals surface area contributed by atoms with E-state index in [1.165, 1.54) is 238 Å². The Kier molecular flexibility index (Phi) is 56.0. The van der Waals surface area contributed by atoms with Gasteiger partial charge in [0.15, 0.2) is 0 Å². The minimum Gasteiger partial charge on any atom is -0.465 e. The van der Waals surface area contributed by atoms with Crippen molar-refractivity contribution in [1.82, 2.24) is 5.32 Å². The number of allylic oxidation sites excluding steroid dienone is 5. The van der Waals surface area contributed by atoms with Crippen molar-refractivity contribution in [2.45, 2.75) is 334 Å². The van der Waals surface area contributed by atoms with Crippen LogP contribution in [0.3, 0.4) is 0 Å². The minimum atomic E-state index is -0.668. The van der Waals surface area contributed by atoms with Crippen LogP contribution in [0, 0.1) is 0 Å². The summed E-state index contributed by atoms with van der Waals surface area (Å²) in [6.07, 6.45) is 71.6. The van der Waals surface area contributed by atoms with Crippen molar-refractivity contribution in [3.63, 3.8) is 0 Å². The number of unbranched alkanes of at least 4 members (excludes halogenated alkanes) is 39. The first-order chi connectivity index (χ1) is 33.5. The Morgan fingerprint density at radius 3 is 1.15 bits per heavy atom.